The lowest BCUT2D eigenvalue weighted by molar-refractivity contribution is 0.0395. The summed E-state index contributed by atoms with van der Waals surface area (Å²) >= 11 is 1.94. The molecule has 1 N–H and O–H groups in total. The Morgan fingerprint density at radius 3 is 2.90 bits per heavy atom. The molecular formula is C13H26N2O3S2. The third-order valence-electron chi connectivity index (χ3n) is 4.20. The summed E-state index contributed by atoms with van der Waals surface area (Å²) in [5, 5.41) is 3.37. The summed E-state index contributed by atoms with van der Waals surface area (Å²) in [6.45, 7) is 2.17. The maximum Gasteiger partial charge on any atom is 0.211 e. The lowest BCUT2D eigenvalue weighted by atomic mass is 9.90. The molecule has 2 heterocycles. The van der Waals surface area contributed by atoms with Gasteiger partial charge >= 0.3 is 0 Å². The number of ether oxygens (including phenoxy) is 1. The first-order valence-corrected chi connectivity index (χ1v) is 10.3. The summed E-state index contributed by atoms with van der Waals surface area (Å²) in [7, 11) is -1.07. The van der Waals surface area contributed by atoms with Crippen LogP contribution >= 0.6 is 11.8 Å². The molecule has 5 nitrogen and oxygen atoms in total. The highest BCUT2D eigenvalue weighted by Gasteiger charge is 2.31. The van der Waals surface area contributed by atoms with Crippen LogP contribution in [0.25, 0.3) is 0 Å². The van der Waals surface area contributed by atoms with E-state index in [-0.39, 0.29) is 6.10 Å². The summed E-state index contributed by atoms with van der Waals surface area (Å²) in [6, 6.07) is 0.326. The molecule has 2 aliphatic heterocycles. The van der Waals surface area contributed by atoms with Gasteiger partial charge in [0, 0.05) is 30.6 Å². The quantitative estimate of drug-likeness (QED) is 0.810. The normalized spacial score (nSPS) is 31.1. The van der Waals surface area contributed by atoms with Crippen LogP contribution in [0.2, 0.25) is 0 Å². The van der Waals surface area contributed by atoms with E-state index in [0.717, 1.165) is 37.4 Å². The molecule has 0 aromatic carbocycles. The molecule has 0 bridgehead atoms. The number of likely N-dealkylation sites (N-methyl/N-ethyl adjacent to an activating group) is 1. The number of sulfonamides is 1. The highest BCUT2D eigenvalue weighted by molar-refractivity contribution is 7.99. The molecular weight excluding hydrogens is 296 g/mol. The van der Waals surface area contributed by atoms with E-state index >= 15 is 0 Å². The van der Waals surface area contributed by atoms with Crippen LogP contribution in [0.15, 0.2) is 0 Å². The maximum atomic E-state index is 11.7. The van der Waals surface area contributed by atoms with Gasteiger partial charge in [-0.25, -0.2) is 12.7 Å². The van der Waals surface area contributed by atoms with Gasteiger partial charge in [0.15, 0.2) is 0 Å². The molecule has 2 saturated heterocycles. The summed E-state index contributed by atoms with van der Waals surface area (Å²) in [4.78, 5) is 0. The van der Waals surface area contributed by atoms with Crippen molar-refractivity contribution in [1.29, 1.82) is 0 Å². The van der Waals surface area contributed by atoms with Crippen LogP contribution < -0.4 is 5.32 Å². The van der Waals surface area contributed by atoms with Crippen molar-refractivity contribution < 1.29 is 13.2 Å². The molecule has 2 aliphatic rings. The molecule has 2 fully saturated rings. The predicted octanol–water partition coefficient (Wildman–Crippen LogP) is 0.768. The van der Waals surface area contributed by atoms with Gasteiger partial charge < -0.3 is 10.1 Å². The summed E-state index contributed by atoms with van der Waals surface area (Å²) < 4.78 is 30.8. The van der Waals surface area contributed by atoms with Gasteiger partial charge in [-0.05, 0) is 32.2 Å². The van der Waals surface area contributed by atoms with Crippen molar-refractivity contribution in [3.8, 4) is 0 Å². The average Bonchev–Trinajstić information content (AvgIpc) is 2.45. The average molecular weight is 322 g/mol. The largest absolute Gasteiger partial charge is 0.375 e. The minimum atomic E-state index is -3.05. The Morgan fingerprint density at radius 2 is 2.30 bits per heavy atom. The third-order valence-corrected chi connectivity index (χ3v) is 6.49. The lowest BCUT2D eigenvalue weighted by Gasteiger charge is -2.36. The van der Waals surface area contributed by atoms with Gasteiger partial charge in [-0.3, -0.25) is 0 Å². The summed E-state index contributed by atoms with van der Waals surface area (Å²) in [5.41, 5.74) is 0. The van der Waals surface area contributed by atoms with Gasteiger partial charge in [0.2, 0.25) is 10.0 Å². The van der Waals surface area contributed by atoms with Gasteiger partial charge in [-0.2, -0.15) is 11.8 Å². The Labute approximate surface area is 126 Å². The first-order valence-electron chi connectivity index (χ1n) is 7.32. The molecule has 3 unspecified atom stereocenters. The number of hydrogen-bond donors (Lipinski definition) is 1. The Kier molecular flexibility index (Phi) is 6.16. The van der Waals surface area contributed by atoms with Crippen molar-refractivity contribution in [2.45, 2.75) is 31.4 Å². The van der Waals surface area contributed by atoms with Crippen LogP contribution in [0.5, 0.6) is 0 Å². The van der Waals surface area contributed by atoms with Crippen LogP contribution in [0.1, 0.15) is 19.3 Å². The maximum absolute atomic E-state index is 11.7. The molecule has 118 valence electrons. The van der Waals surface area contributed by atoms with E-state index in [1.54, 1.807) is 4.31 Å². The van der Waals surface area contributed by atoms with Crippen LogP contribution in [0.3, 0.4) is 0 Å². The molecule has 0 aromatic heterocycles. The number of rotatable bonds is 5. The Balaban J connectivity index is 1.90. The van der Waals surface area contributed by atoms with Crippen molar-refractivity contribution >= 4 is 21.8 Å². The molecule has 2 rings (SSSR count). The van der Waals surface area contributed by atoms with E-state index in [1.807, 2.05) is 18.8 Å². The first-order chi connectivity index (χ1) is 9.50. The fourth-order valence-electron chi connectivity index (χ4n) is 3.07. The van der Waals surface area contributed by atoms with Crippen molar-refractivity contribution in [2.24, 2.45) is 5.92 Å². The van der Waals surface area contributed by atoms with Crippen molar-refractivity contribution in [3.05, 3.63) is 0 Å². The molecule has 0 amide bonds. The zero-order valence-electron chi connectivity index (χ0n) is 12.4. The highest BCUT2D eigenvalue weighted by atomic mass is 32.2. The minimum Gasteiger partial charge on any atom is -0.375 e. The highest BCUT2D eigenvalue weighted by Crippen LogP contribution is 2.26. The van der Waals surface area contributed by atoms with E-state index in [2.05, 4.69) is 5.32 Å². The molecule has 0 radical (unpaired) electrons. The van der Waals surface area contributed by atoms with Gasteiger partial charge in [0.1, 0.15) is 0 Å². The number of hydrogen-bond acceptors (Lipinski definition) is 5. The van der Waals surface area contributed by atoms with Gasteiger partial charge in [-0.15, -0.1) is 0 Å². The van der Waals surface area contributed by atoms with Crippen LogP contribution in [-0.4, -0.2) is 69.4 Å². The third kappa shape index (κ3) is 4.59. The summed E-state index contributed by atoms with van der Waals surface area (Å²) in [6.07, 6.45) is 4.64. The van der Waals surface area contributed by atoms with Gasteiger partial charge in [0.25, 0.3) is 0 Å². The van der Waals surface area contributed by atoms with Crippen LogP contribution in [-0.2, 0) is 14.8 Å². The van der Waals surface area contributed by atoms with E-state index in [9.17, 15) is 8.42 Å². The molecule has 0 aliphatic carbocycles. The van der Waals surface area contributed by atoms with Gasteiger partial charge in [-0.1, -0.05) is 0 Å². The van der Waals surface area contributed by atoms with Crippen LogP contribution in [0, 0.1) is 5.92 Å². The van der Waals surface area contributed by atoms with Crippen molar-refractivity contribution in [1.82, 2.24) is 9.62 Å². The fourth-order valence-corrected chi connectivity index (χ4v) is 4.96. The predicted molar refractivity (Wildman–Crippen MR) is 83.7 cm³/mol. The minimum absolute atomic E-state index is 0.257. The van der Waals surface area contributed by atoms with Crippen LogP contribution in [0.4, 0.5) is 0 Å². The smallest absolute Gasteiger partial charge is 0.211 e. The monoisotopic (exact) mass is 322 g/mol. The van der Waals surface area contributed by atoms with Crippen molar-refractivity contribution in [2.75, 3.05) is 44.5 Å². The summed E-state index contributed by atoms with van der Waals surface area (Å²) in [5.74, 6) is 2.55. The molecule has 0 spiro atoms. The first kappa shape index (κ1) is 16.5. The standard InChI is InChI=1S/C13H26N2O3S2/c1-14-12(13-10-19-7-6-18-13)8-11-4-3-5-15(9-11)20(2,16)17/h11-14H,3-10H2,1-2H3. The van der Waals surface area contributed by atoms with E-state index < -0.39 is 10.0 Å². The second-order valence-electron chi connectivity index (χ2n) is 5.74. The SMILES string of the molecule is CNC(CC1CCCN(S(C)(=O)=O)C1)C1CSCCO1. The number of nitrogens with one attached hydrogen (secondary N) is 1. The second-order valence-corrected chi connectivity index (χ2v) is 8.88. The van der Waals surface area contributed by atoms with E-state index in [1.165, 1.54) is 6.26 Å². The van der Waals surface area contributed by atoms with E-state index in [0.29, 0.717) is 25.0 Å². The zero-order valence-corrected chi connectivity index (χ0v) is 14.0. The molecule has 7 heteroatoms. The Hall–Kier alpha value is 0.180. The lowest BCUT2D eigenvalue weighted by Crippen LogP contribution is -2.47. The Bertz CT molecular complexity index is 396. The van der Waals surface area contributed by atoms with Crippen molar-refractivity contribution in [3.63, 3.8) is 0 Å². The van der Waals surface area contributed by atoms with Gasteiger partial charge in [0.05, 0.1) is 19.0 Å². The molecule has 0 saturated carbocycles. The number of nitrogens with zero attached hydrogens (tertiary/aromatic N) is 1. The molecule has 3 atom stereocenters. The second kappa shape index (κ2) is 7.45. The fraction of sp³-hybridized carbons (Fsp3) is 1.00. The number of piperidine rings is 1. The topological polar surface area (TPSA) is 58.6 Å². The zero-order chi connectivity index (χ0) is 14.6. The Morgan fingerprint density at radius 1 is 1.50 bits per heavy atom. The van der Waals surface area contributed by atoms with E-state index in [4.69, 9.17) is 4.74 Å². The molecule has 20 heavy (non-hydrogen) atoms. The molecule has 0 aromatic rings. The number of thioether (sulfide) groups is 1.